The fourth-order valence-electron chi connectivity index (χ4n) is 4.38. The Balaban J connectivity index is 1.47. The fourth-order valence-corrected chi connectivity index (χ4v) is 4.38. The van der Waals surface area contributed by atoms with Crippen LogP contribution in [0.3, 0.4) is 0 Å². The largest absolute Gasteiger partial charge is 0.396 e. The molecule has 0 aromatic carbocycles. The van der Waals surface area contributed by atoms with E-state index in [4.69, 9.17) is 0 Å². The third-order valence-electron chi connectivity index (χ3n) is 5.76. The SMILES string of the molecule is CC1CCCC(CO)(CN2CCN(CC3CC3)CC2)C1. The first-order valence-corrected chi connectivity index (χ1v) is 8.75. The van der Waals surface area contributed by atoms with Gasteiger partial charge in [-0.05, 0) is 37.5 Å². The Kier molecular flexibility index (Phi) is 4.68. The maximum Gasteiger partial charge on any atom is 0.0499 e. The lowest BCUT2D eigenvalue weighted by Crippen LogP contribution is -2.51. The monoisotopic (exact) mass is 280 g/mol. The van der Waals surface area contributed by atoms with Crippen LogP contribution in [0.4, 0.5) is 0 Å². The van der Waals surface area contributed by atoms with Gasteiger partial charge in [0.2, 0.25) is 0 Å². The van der Waals surface area contributed by atoms with E-state index in [1.807, 2.05) is 0 Å². The van der Waals surface area contributed by atoms with Crippen LogP contribution in [0.1, 0.15) is 45.4 Å². The van der Waals surface area contributed by atoms with Gasteiger partial charge >= 0.3 is 0 Å². The summed E-state index contributed by atoms with van der Waals surface area (Å²) in [5.41, 5.74) is 0.205. The zero-order chi connectivity index (χ0) is 14.0. The minimum absolute atomic E-state index is 0.205. The summed E-state index contributed by atoms with van der Waals surface area (Å²) in [5.74, 6) is 1.82. The molecule has 1 aliphatic heterocycles. The van der Waals surface area contributed by atoms with Gasteiger partial charge in [-0.15, -0.1) is 0 Å². The predicted molar refractivity (Wildman–Crippen MR) is 82.8 cm³/mol. The second kappa shape index (κ2) is 6.33. The normalized spacial score (nSPS) is 37.2. The third-order valence-corrected chi connectivity index (χ3v) is 5.76. The number of aliphatic hydroxyl groups is 1. The van der Waals surface area contributed by atoms with E-state index in [2.05, 4.69) is 16.7 Å². The zero-order valence-corrected chi connectivity index (χ0v) is 13.2. The topological polar surface area (TPSA) is 26.7 Å². The van der Waals surface area contributed by atoms with Crippen LogP contribution in [0.15, 0.2) is 0 Å². The van der Waals surface area contributed by atoms with Crippen molar-refractivity contribution in [2.45, 2.75) is 45.4 Å². The highest BCUT2D eigenvalue weighted by Crippen LogP contribution is 2.39. The number of rotatable bonds is 5. The highest BCUT2D eigenvalue weighted by atomic mass is 16.3. The van der Waals surface area contributed by atoms with Crippen molar-refractivity contribution < 1.29 is 5.11 Å². The zero-order valence-electron chi connectivity index (χ0n) is 13.2. The van der Waals surface area contributed by atoms with Crippen molar-refractivity contribution in [3.05, 3.63) is 0 Å². The number of aliphatic hydroxyl groups excluding tert-OH is 1. The van der Waals surface area contributed by atoms with Gasteiger partial charge < -0.3 is 14.9 Å². The van der Waals surface area contributed by atoms with E-state index < -0.39 is 0 Å². The second-order valence-electron chi connectivity index (χ2n) is 7.88. The molecule has 2 atom stereocenters. The summed E-state index contributed by atoms with van der Waals surface area (Å²) in [6.45, 7) is 10.1. The summed E-state index contributed by atoms with van der Waals surface area (Å²) in [7, 11) is 0. The van der Waals surface area contributed by atoms with Gasteiger partial charge in [0.25, 0.3) is 0 Å². The molecule has 116 valence electrons. The Labute approximate surface area is 124 Å². The Hall–Kier alpha value is -0.120. The van der Waals surface area contributed by atoms with Crippen molar-refractivity contribution in [1.82, 2.24) is 9.80 Å². The van der Waals surface area contributed by atoms with Gasteiger partial charge in [0, 0.05) is 51.3 Å². The summed E-state index contributed by atoms with van der Waals surface area (Å²) in [5, 5.41) is 9.93. The van der Waals surface area contributed by atoms with Gasteiger partial charge in [-0.1, -0.05) is 19.8 Å². The van der Waals surface area contributed by atoms with Gasteiger partial charge in [-0.25, -0.2) is 0 Å². The molecular weight excluding hydrogens is 248 g/mol. The van der Waals surface area contributed by atoms with Crippen LogP contribution in [-0.4, -0.2) is 60.8 Å². The van der Waals surface area contributed by atoms with E-state index >= 15 is 0 Å². The van der Waals surface area contributed by atoms with Crippen molar-refractivity contribution in [3.8, 4) is 0 Å². The van der Waals surface area contributed by atoms with E-state index in [1.54, 1.807) is 0 Å². The van der Waals surface area contributed by atoms with E-state index in [1.165, 1.54) is 71.2 Å². The molecule has 0 amide bonds. The van der Waals surface area contributed by atoms with E-state index in [0.29, 0.717) is 6.61 Å². The lowest BCUT2D eigenvalue weighted by atomic mass is 9.70. The molecule has 3 aliphatic rings. The van der Waals surface area contributed by atoms with Crippen molar-refractivity contribution >= 4 is 0 Å². The molecule has 0 radical (unpaired) electrons. The number of hydrogen-bond donors (Lipinski definition) is 1. The van der Waals surface area contributed by atoms with Crippen LogP contribution < -0.4 is 0 Å². The predicted octanol–water partition coefficient (Wildman–Crippen LogP) is 2.20. The number of nitrogens with zero attached hydrogens (tertiary/aromatic N) is 2. The highest BCUT2D eigenvalue weighted by molar-refractivity contribution is 4.89. The van der Waals surface area contributed by atoms with Crippen LogP contribution in [0, 0.1) is 17.3 Å². The average Bonchev–Trinajstić information content (AvgIpc) is 3.25. The molecule has 2 unspecified atom stereocenters. The quantitative estimate of drug-likeness (QED) is 0.836. The van der Waals surface area contributed by atoms with Gasteiger partial charge in [-0.3, -0.25) is 0 Å². The summed E-state index contributed by atoms with van der Waals surface area (Å²) in [6, 6.07) is 0. The summed E-state index contributed by atoms with van der Waals surface area (Å²) < 4.78 is 0. The molecule has 3 fully saturated rings. The Morgan fingerprint density at radius 2 is 1.75 bits per heavy atom. The number of piperazine rings is 1. The molecule has 0 aromatic heterocycles. The van der Waals surface area contributed by atoms with Crippen molar-refractivity contribution in [3.63, 3.8) is 0 Å². The fraction of sp³-hybridized carbons (Fsp3) is 1.00. The van der Waals surface area contributed by atoms with E-state index in [-0.39, 0.29) is 5.41 Å². The van der Waals surface area contributed by atoms with Gasteiger partial charge in [0.15, 0.2) is 0 Å². The Morgan fingerprint density at radius 3 is 2.35 bits per heavy atom. The van der Waals surface area contributed by atoms with Crippen LogP contribution in [0.2, 0.25) is 0 Å². The highest BCUT2D eigenvalue weighted by Gasteiger charge is 2.37. The maximum absolute atomic E-state index is 9.93. The lowest BCUT2D eigenvalue weighted by Gasteiger charge is -2.44. The molecule has 3 rings (SSSR count). The van der Waals surface area contributed by atoms with E-state index in [9.17, 15) is 5.11 Å². The Bertz CT molecular complexity index is 310. The molecule has 2 aliphatic carbocycles. The standard InChI is InChI=1S/C17H32N2O/c1-15-3-2-6-17(11-15,14-20)13-19-9-7-18(8-10-19)12-16-4-5-16/h15-16,20H,2-14H2,1H3. The van der Waals surface area contributed by atoms with Crippen molar-refractivity contribution in [2.24, 2.45) is 17.3 Å². The van der Waals surface area contributed by atoms with Crippen LogP contribution in [0.25, 0.3) is 0 Å². The van der Waals surface area contributed by atoms with Crippen molar-refractivity contribution in [2.75, 3.05) is 45.9 Å². The molecule has 0 bridgehead atoms. The first kappa shape index (κ1) is 14.8. The van der Waals surface area contributed by atoms with Crippen LogP contribution in [0.5, 0.6) is 0 Å². The summed E-state index contributed by atoms with van der Waals surface area (Å²) in [4.78, 5) is 5.28. The summed E-state index contributed by atoms with van der Waals surface area (Å²) >= 11 is 0. The maximum atomic E-state index is 9.93. The molecule has 0 spiro atoms. The molecule has 0 aromatic rings. The Morgan fingerprint density at radius 1 is 1.05 bits per heavy atom. The molecule has 3 heteroatoms. The van der Waals surface area contributed by atoms with Crippen LogP contribution in [-0.2, 0) is 0 Å². The molecule has 3 nitrogen and oxygen atoms in total. The van der Waals surface area contributed by atoms with E-state index in [0.717, 1.165) is 18.4 Å². The lowest BCUT2D eigenvalue weighted by molar-refractivity contribution is 0.00817. The number of hydrogen-bond acceptors (Lipinski definition) is 3. The minimum Gasteiger partial charge on any atom is -0.396 e. The van der Waals surface area contributed by atoms with Crippen molar-refractivity contribution in [1.29, 1.82) is 0 Å². The smallest absolute Gasteiger partial charge is 0.0499 e. The molecule has 1 saturated heterocycles. The second-order valence-corrected chi connectivity index (χ2v) is 7.88. The molecule has 1 heterocycles. The molecule has 1 N–H and O–H groups in total. The molecular formula is C17H32N2O. The van der Waals surface area contributed by atoms with Gasteiger partial charge in [0.1, 0.15) is 0 Å². The molecule has 2 saturated carbocycles. The third kappa shape index (κ3) is 3.75. The molecule has 20 heavy (non-hydrogen) atoms. The van der Waals surface area contributed by atoms with Gasteiger partial charge in [-0.2, -0.15) is 0 Å². The summed E-state index contributed by atoms with van der Waals surface area (Å²) in [6.07, 6.45) is 8.06. The first-order chi connectivity index (χ1) is 9.69. The van der Waals surface area contributed by atoms with Gasteiger partial charge in [0.05, 0.1) is 0 Å². The van der Waals surface area contributed by atoms with Crippen LogP contribution >= 0.6 is 0 Å². The average molecular weight is 280 g/mol. The minimum atomic E-state index is 0.205. The first-order valence-electron chi connectivity index (χ1n) is 8.75.